The van der Waals surface area contributed by atoms with Crippen molar-refractivity contribution in [2.24, 2.45) is 0 Å². The lowest BCUT2D eigenvalue weighted by molar-refractivity contribution is -0.166. The average molecular weight is 516 g/mol. The molecule has 2 atom stereocenters. The molecular formula is C18H12Br2O8. The van der Waals surface area contributed by atoms with E-state index in [0.717, 1.165) is 0 Å². The molecule has 0 heterocycles. The molecule has 28 heavy (non-hydrogen) atoms. The zero-order chi connectivity index (χ0) is 20.8. The Morgan fingerprint density at radius 2 is 0.929 bits per heavy atom. The number of hydrogen-bond donors (Lipinski definition) is 2. The molecular weight excluding hydrogens is 504 g/mol. The lowest BCUT2D eigenvalue weighted by Crippen LogP contribution is -2.43. The van der Waals surface area contributed by atoms with Crippen LogP contribution >= 0.6 is 31.9 Å². The minimum atomic E-state index is -2.43. The van der Waals surface area contributed by atoms with Gasteiger partial charge in [-0.3, -0.25) is 0 Å². The number of halogens is 2. The first kappa shape index (κ1) is 21.9. The molecule has 2 N–H and O–H groups in total. The van der Waals surface area contributed by atoms with Gasteiger partial charge in [0.25, 0.3) is 0 Å². The van der Waals surface area contributed by atoms with Crippen LogP contribution in [-0.4, -0.2) is 46.3 Å². The second-order valence-corrected chi connectivity index (χ2v) is 7.15. The van der Waals surface area contributed by atoms with Crippen molar-refractivity contribution in [3.8, 4) is 0 Å². The fourth-order valence-electron chi connectivity index (χ4n) is 1.85. The van der Waals surface area contributed by atoms with Crippen molar-refractivity contribution in [1.29, 1.82) is 0 Å². The van der Waals surface area contributed by atoms with E-state index in [1.165, 1.54) is 48.5 Å². The molecule has 146 valence electrons. The maximum Gasteiger partial charge on any atom is 0.346 e. The molecule has 10 heteroatoms. The van der Waals surface area contributed by atoms with Gasteiger partial charge in [-0.25, -0.2) is 19.2 Å². The molecule has 0 aliphatic rings. The molecule has 0 spiro atoms. The van der Waals surface area contributed by atoms with Crippen molar-refractivity contribution in [2.75, 3.05) is 0 Å². The molecule has 0 amide bonds. The normalized spacial score (nSPS) is 12.6. The topological polar surface area (TPSA) is 127 Å². The Balaban J connectivity index is 1.95. The predicted molar refractivity (Wildman–Crippen MR) is 101 cm³/mol. The third kappa shape index (κ3) is 5.80. The number of benzene rings is 2. The minimum Gasteiger partial charge on any atom is -0.387 e. The Morgan fingerprint density at radius 3 is 1.21 bits per heavy atom. The van der Waals surface area contributed by atoms with Crippen LogP contribution in [0, 0.1) is 0 Å². The molecule has 0 radical (unpaired) electrons. The van der Waals surface area contributed by atoms with Gasteiger partial charge in [0.15, 0.2) is 12.2 Å². The zero-order valence-corrected chi connectivity index (χ0v) is 17.0. The van der Waals surface area contributed by atoms with Crippen molar-refractivity contribution in [3.05, 3.63) is 68.6 Å². The highest BCUT2D eigenvalue weighted by Crippen LogP contribution is 2.13. The Kier molecular flexibility index (Phi) is 7.58. The van der Waals surface area contributed by atoms with E-state index in [-0.39, 0.29) is 11.1 Å². The smallest absolute Gasteiger partial charge is 0.346 e. The third-order valence-electron chi connectivity index (χ3n) is 3.33. The van der Waals surface area contributed by atoms with Crippen LogP contribution in [0.2, 0.25) is 0 Å². The van der Waals surface area contributed by atoms with E-state index >= 15 is 0 Å². The molecule has 0 aliphatic carbocycles. The SMILES string of the molecule is O=C(OC(=O)C(O)C(O)C(=O)OC(=O)c1ccc(Br)cc1)c1ccc(Br)cc1. The van der Waals surface area contributed by atoms with E-state index in [1.807, 2.05) is 0 Å². The number of carbonyl (C=O) groups is 4. The molecule has 2 rings (SSSR count). The monoisotopic (exact) mass is 514 g/mol. The fraction of sp³-hybridized carbons (Fsp3) is 0.111. The van der Waals surface area contributed by atoms with Gasteiger partial charge >= 0.3 is 23.9 Å². The molecule has 0 saturated carbocycles. The Morgan fingerprint density at radius 1 is 0.643 bits per heavy atom. The molecule has 0 saturated heterocycles. The second-order valence-electron chi connectivity index (χ2n) is 5.32. The van der Waals surface area contributed by atoms with Crippen LogP contribution in [0.5, 0.6) is 0 Å². The highest BCUT2D eigenvalue weighted by molar-refractivity contribution is 9.10. The maximum atomic E-state index is 11.8. The number of aliphatic hydroxyl groups is 2. The first-order valence-electron chi connectivity index (χ1n) is 7.58. The summed E-state index contributed by atoms with van der Waals surface area (Å²) in [6.45, 7) is 0. The summed E-state index contributed by atoms with van der Waals surface area (Å²) in [5.74, 6) is -5.34. The van der Waals surface area contributed by atoms with Crippen LogP contribution in [0.25, 0.3) is 0 Å². The number of aliphatic hydroxyl groups excluding tert-OH is 2. The standard InChI is InChI=1S/C18H12Br2O8/c19-11-5-1-9(2-6-11)15(23)27-17(25)13(21)14(22)18(26)28-16(24)10-3-7-12(20)8-4-10/h1-8,13-14,21-22H. The molecule has 8 nitrogen and oxygen atoms in total. The summed E-state index contributed by atoms with van der Waals surface area (Å²) in [4.78, 5) is 47.2. The quantitative estimate of drug-likeness (QED) is 0.457. The zero-order valence-electron chi connectivity index (χ0n) is 13.9. The molecule has 0 aliphatic heterocycles. The summed E-state index contributed by atoms with van der Waals surface area (Å²) < 4.78 is 10.2. The molecule has 0 fully saturated rings. The highest BCUT2D eigenvalue weighted by atomic mass is 79.9. The molecule has 2 aromatic rings. The van der Waals surface area contributed by atoms with Crippen LogP contribution in [0.1, 0.15) is 20.7 Å². The lowest BCUT2D eigenvalue weighted by Gasteiger charge is -2.14. The Hall–Kier alpha value is -2.40. The van der Waals surface area contributed by atoms with Crippen LogP contribution < -0.4 is 0 Å². The summed E-state index contributed by atoms with van der Waals surface area (Å²) in [7, 11) is 0. The van der Waals surface area contributed by atoms with Gasteiger partial charge < -0.3 is 19.7 Å². The van der Waals surface area contributed by atoms with Gasteiger partial charge in [0.2, 0.25) is 0 Å². The van der Waals surface area contributed by atoms with E-state index in [1.54, 1.807) is 0 Å². The first-order chi connectivity index (χ1) is 13.2. The second kappa shape index (κ2) is 9.69. The summed E-state index contributed by atoms with van der Waals surface area (Å²) in [6.07, 6.45) is -4.85. The third-order valence-corrected chi connectivity index (χ3v) is 4.39. The number of ether oxygens (including phenoxy) is 2. The number of carbonyl (C=O) groups excluding carboxylic acids is 4. The Labute approximate surface area is 175 Å². The number of rotatable bonds is 5. The van der Waals surface area contributed by atoms with E-state index in [0.29, 0.717) is 8.95 Å². The van der Waals surface area contributed by atoms with Crippen molar-refractivity contribution in [2.45, 2.75) is 12.2 Å². The number of esters is 4. The first-order valence-corrected chi connectivity index (χ1v) is 9.17. The maximum absolute atomic E-state index is 11.8. The van der Waals surface area contributed by atoms with Crippen molar-refractivity contribution < 1.29 is 38.9 Å². The van der Waals surface area contributed by atoms with Gasteiger partial charge in [0.05, 0.1) is 11.1 Å². The van der Waals surface area contributed by atoms with Gasteiger partial charge in [-0.05, 0) is 48.5 Å². The average Bonchev–Trinajstić information content (AvgIpc) is 2.67. The molecule has 0 bridgehead atoms. The van der Waals surface area contributed by atoms with Crippen LogP contribution in [0.15, 0.2) is 57.5 Å². The highest BCUT2D eigenvalue weighted by Gasteiger charge is 2.35. The fourth-order valence-corrected chi connectivity index (χ4v) is 2.38. The van der Waals surface area contributed by atoms with Gasteiger partial charge in [-0.1, -0.05) is 31.9 Å². The summed E-state index contributed by atoms with van der Waals surface area (Å²) >= 11 is 6.34. The van der Waals surface area contributed by atoms with Gasteiger partial charge in [-0.15, -0.1) is 0 Å². The summed E-state index contributed by atoms with van der Waals surface area (Å²) in [6, 6.07) is 11.5. The minimum absolute atomic E-state index is 0.00577. The largest absolute Gasteiger partial charge is 0.387 e. The van der Waals surface area contributed by atoms with Gasteiger partial charge in [0.1, 0.15) is 0 Å². The predicted octanol–water partition coefficient (Wildman–Crippen LogP) is 2.00. The van der Waals surface area contributed by atoms with Gasteiger partial charge in [-0.2, -0.15) is 0 Å². The van der Waals surface area contributed by atoms with E-state index in [4.69, 9.17) is 0 Å². The molecule has 2 aromatic carbocycles. The van der Waals surface area contributed by atoms with E-state index in [9.17, 15) is 29.4 Å². The van der Waals surface area contributed by atoms with Crippen LogP contribution in [0.3, 0.4) is 0 Å². The lowest BCUT2D eigenvalue weighted by atomic mass is 10.2. The van der Waals surface area contributed by atoms with E-state index < -0.39 is 36.1 Å². The van der Waals surface area contributed by atoms with Crippen LogP contribution in [-0.2, 0) is 19.1 Å². The Bertz CT molecular complexity index is 817. The van der Waals surface area contributed by atoms with E-state index in [2.05, 4.69) is 41.3 Å². The van der Waals surface area contributed by atoms with Crippen molar-refractivity contribution in [3.63, 3.8) is 0 Å². The number of hydrogen-bond acceptors (Lipinski definition) is 8. The summed E-state index contributed by atoms with van der Waals surface area (Å²) in [5.41, 5.74) is 0.0115. The van der Waals surface area contributed by atoms with Gasteiger partial charge in [0, 0.05) is 8.95 Å². The summed E-state index contributed by atoms with van der Waals surface area (Å²) in [5, 5.41) is 19.4. The molecule has 2 unspecified atom stereocenters. The van der Waals surface area contributed by atoms with Crippen molar-refractivity contribution >= 4 is 55.7 Å². The van der Waals surface area contributed by atoms with Crippen LogP contribution in [0.4, 0.5) is 0 Å². The molecule has 0 aromatic heterocycles. The van der Waals surface area contributed by atoms with Crippen molar-refractivity contribution in [1.82, 2.24) is 0 Å².